The monoisotopic (exact) mass is 391 g/mol. The Hall–Kier alpha value is -3.10. The predicted molar refractivity (Wildman–Crippen MR) is 110 cm³/mol. The first-order chi connectivity index (χ1) is 14.0. The van der Waals surface area contributed by atoms with E-state index in [9.17, 15) is 15.0 Å². The van der Waals surface area contributed by atoms with E-state index in [0.29, 0.717) is 17.7 Å². The number of pyridine rings is 1. The number of rotatable bonds is 1. The number of hydrogen-bond acceptors (Lipinski definition) is 5. The topological polar surface area (TPSA) is 79.7 Å². The van der Waals surface area contributed by atoms with E-state index >= 15 is 0 Å². The molecule has 0 radical (unpaired) electrons. The molecule has 1 aliphatic rings. The normalized spacial score (nSPS) is 23.4. The summed E-state index contributed by atoms with van der Waals surface area (Å²) in [6.07, 6.45) is 6.17. The number of phenols is 1. The standard InChI is InChI=1S/C24H25NO4/c1-17-8-2-3-9-18-10-6-14-21(26)23(18)24(28)29-20(16-22(17)27)13-7-12-19-11-4-5-15-25-19/h2-6,10-11,14-15,17,20,22,26-27H,8-9,13,16H2,1H3/b3-2-/t17-,20-,22+/m0/s1. The highest BCUT2D eigenvalue weighted by atomic mass is 16.5. The summed E-state index contributed by atoms with van der Waals surface area (Å²) in [6, 6.07) is 10.5. The molecule has 2 N–H and O–H groups in total. The maximum Gasteiger partial charge on any atom is 0.342 e. The highest BCUT2D eigenvalue weighted by Gasteiger charge is 2.25. The summed E-state index contributed by atoms with van der Waals surface area (Å²) in [5.41, 5.74) is 1.51. The smallest absolute Gasteiger partial charge is 0.342 e. The fourth-order valence-corrected chi connectivity index (χ4v) is 3.25. The van der Waals surface area contributed by atoms with Gasteiger partial charge in [0.1, 0.15) is 23.1 Å². The van der Waals surface area contributed by atoms with Crippen LogP contribution in [0.5, 0.6) is 5.75 Å². The Bertz CT molecular complexity index is 927. The van der Waals surface area contributed by atoms with Crippen molar-refractivity contribution in [2.24, 2.45) is 5.92 Å². The van der Waals surface area contributed by atoms with E-state index in [1.165, 1.54) is 6.07 Å². The van der Waals surface area contributed by atoms with Gasteiger partial charge in [-0.05, 0) is 48.4 Å². The number of nitrogens with zero attached hydrogens (tertiary/aromatic N) is 1. The zero-order chi connectivity index (χ0) is 20.6. The molecule has 0 saturated carbocycles. The number of aliphatic hydroxyl groups is 1. The fourth-order valence-electron chi connectivity index (χ4n) is 3.25. The average molecular weight is 391 g/mol. The molecule has 0 aliphatic carbocycles. The molecule has 5 nitrogen and oxygen atoms in total. The van der Waals surface area contributed by atoms with Gasteiger partial charge in [-0.2, -0.15) is 0 Å². The molecule has 0 unspecified atom stereocenters. The van der Waals surface area contributed by atoms with E-state index in [2.05, 4.69) is 16.8 Å². The Kier molecular flexibility index (Phi) is 7.04. The first-order valence-electron chi connectivity index (χ1n) is 9.79. The first kappa shape index (κ1) is 20.6. The van der Waals surface area contributed by atoms with Crippen molar-refractivity contribution in [3.05, 3.63) is 71.6 Å². The summed E-state index contributed by atoms with van der Waals surface area (Å²) in [5.74, 6) is 5.28. The predicted octanol–water partition coefficient (Wildman–Crippen LogP) is 3.64. The molecule has 2 aromatic rings. The summed E-state index contributed by atoms with van der Waals surface area (Å²) in [5, 5.41) is 20.8. The number of ether oxygens (including phenoxy) is 1. The van der Waals surface area contributed by atoms with Crippen LogP contribution in [0, 0.1) is 17.8 Å². The summed E-state index contributed by atoms with van der Waals surface area (Å²) in [6.45, 7) is 1.97. The number of fused-ring (bicyclic) bond motifs is 1. The second-order valence-electron chi connectivity index (χ2n) is 7.25. The van der Waals surface area contributed by atoms with Gasteiger partial charge < -0.3 is 14.9 Å². The number of carbonyl (C=O) groups excluding carboxylic acids is 1. The molecule has 1 aromatic carbocycles. The Labute approximate surface area is 171 Å². The molecule has 5 heteroatoms. The summed E-state index contributed by atoms with van der Waals surface area (Å²) in [7, 11) is 0. The second kappa shape index (κ2) is 9.90. The number of carbonyl (C=O) groups is 1. The van der Waals surface area contributed by atoms with Crippen LogP contribution >= 0.6 is 0 Å². The largest absolute Gasteiger partial charge is 0.507 e. The highest BCUT2D eigenvalue weighted by molar-refractivity contribution is 5.94. The Balaban J connectivity index is 1.85. The minimum Gasteiger partial charge on any atom is -0.507 e. The molecule has 0 saturated heterocycles. The van der Waals surface area contributed by atoms with Gasteiger partial charge in [0, 0.05) is 19.0 Å². The van der Waals surface area contributed by atoms with Crippen molar-refractivity contribution in [3.8, 4) is 17.6 Å². The zero-order valence-corrected chi connectivity index (χ0v) is 16.4. The van der Waals surface area contributed by atoms with E-state index in [-0.39, 0.29) is 30.1 Å². The SMILES string of the molecule is C[C@H]1C/C=C\Cc2cccc(O)c2C(=O)O[C@@H](CC#Cc2ccccn2)C[C@H]1O. The van der Waals surface area contributed by atoms with Crippen LogP contribution in [0.4, 0.5) is 0 Å². The van der Waals surface area contributed by atoms with E-state index in [0.717, 1.165) is 6.42 Å². The van der Waals surface area contributed by atoms with Crippen molar-refractivity contribution >= 4 is 5.97 Å². The zero-order valence-electron chi connectivity index (χ0n) is 16.4. The summed E-state index contributed by atoms with van der Waals surface area (Å²) >= 11 is 0. The molecule has 0 amide bonds. The molecule has 150 valence electrons. The van der Waals surface area contributed by atoms with Gasteiger partial charge in [0.15, 0.2) is 0 Å². The lowest BCUT2D eigenvalue weighted by Crippen LogP contribution is -2.28. The van der Waals surface area contributed by atoms with E-state index in [1.54, 1.807) is 24.4 Å². The van der Waals surface area contributed by atoms with E-state index in [1.807, 2.05) is 31.2 Å². The van der Waals surface area contributed by atoms with Gasteiger partial charge in [0.25, 0.3) is 0 Å². The number of aromatic hydroxyl groups is 1. The number of benzene rings is 1. The molecule has 29 heavy (non-hydrogen) atoms. The maximum absolute atomic E-state index is 12.8. The van der Waals surface area contributed by atoms with E-state index < -0.39 is 18.2 Å². The Morgan fingerprint density at radius 1 is 1.21 bits per heavy atom. The molecule has 0 fully saturated rings. The van der Waals surface area contributed by atoms with Gasteiger partial charge in [-0.1, -0.05) is 43.2 Å². The third-order valence-corrected chi connectivity index (χ3v) is 4.99. The Morgan fingerprint density at radius 2 is 2.07 bits per heavy atom. The lowest BCUT2D eigenvalue weighted by Gasteiger charge is -2.24. The van der Waals surface area contributed by atoms with Crippen molar-refractivity contribution in [1.82, 2.24) is 4.98 Å². The van der Waals surface area contributed by atoms with Crippen molar-refractivity contribution in [2.75, 3.05) is 0 Å². The van der Waals surface area contributed by atoms with Crippen molar-refractivity contribution < 1.29 is 19.7 Å². The van der Waals surface area contributed by atoms with Gasteiger partial charge in [-0.15, -0.1) is 0 Å². The lowest BCUT2D eigenvalue weighted by molar-refractivity contribution is 0.00744. The molecule has 1 aromatic heterocycles. The molecule has 2 heterocycles. The van der Waals surface area contributed by atoms with Crippen LogP contribution in [0.1, 0.15) is 47.8 Å². The number of esters is 1. The van der Waals surface area contributed by atoms with Gasteiger partial charge in [0.05, 0.1) is 6.10 Å². The summed E-state index contributed by atoms with van der Waals surface area (Å²) in [4.78, 5) is 17.0. The van der Waals surface area contributed by atoms with Crippen molar-refractivity contribution in [1.29, 1.82) is 0 Å². The van der Waals surface area contributed by atoms with Crippen LogP contribution in [0.3, 0.4) is 0 Å². The van der Waals surface area contributed by atoms with Crippen LogP contribution < -0.4 is 0 Å². The number of allylic oxidation sites excluding steroid dienone is 2. The minimum absolute atomic E-state index is 0.0271. The maximum atomic E-state index is 12.8. The number of cyclic esters (lactones) is 1. The van der Waals surface area contributed by atoms with Gasteiger partial charge >= 0.3 is 5.97 Å². The highest BCUT2D eigenvalue weighted by Crippen LogP contribution is 2.26. The quantitative estimate of drug-likeness (QED) is 0.441. The molecule has 1 aliphatic heterocycles. The van der Waals surface area contributed by atoms with Crippen molar-refractivity contribution in [2.45, 2.75) is 44.8 Å². The summed E-state index contributed by atoms with van der Waals surface area (Å²) < 4.78 is 5.68. The lowest BCUT2D eigenvalue weighted by atomic mass is 9.94. The van der Waals surface area contributed by atoms with Gasteiger partial charge in [-0.25, -0.2) is 9.78 Å². The average Bonchev–Trinajstić information content (AvgIpc) is 2.71. The van der Waals surface area contributed by atoms with Crippen molar-refractivity contribution in [3.63, 3.8) is 0 Å². The van der Waals surface area contributed by atoms with Crippen LogP contribution in [0.15, 0.2) is 54.7 Å². The second-order valence-corrected chi connectivity index (χ2v) is 7.25. The molecular formula is C24H25NO4. The first-order valence-corrected chi connectivity index (χ1v) is 9.79. The van der Waals surface area contributed by atoms with Gasteiger partial charge in [-0.3, -0.25) is 0 Å². The van der Waals surface area contributed by atoms with Crippen LogP contribution in [-0.2, 0) is 11.2 Å². The van der Waals surface area contributed by atoms with Crippen LogP contribution in [-0.4, -0.2) is 33.4 Å². The molecule has 0 spiro atoms. The number of aromatic nitrogens is 1. The third kappa shape index (κ3) is 5.69. The molecule has 3 atom stereocenters. The third-order valence-electron chi connectivity index (χ3n) is 4.99. The molecule has 3 rings (SSSR count). The fraction of sp³-hybridized carbons (Fsp3) is 0.333. The van der Waals surface area contributed by atoms with Crippen LogP contribution in [0.2, 0.25) is 0 Å². The number of aliphatic hydroxyl groups excluding tert-OH is 1. The Morgan fingerprint density at radius 3 is 2.86 bits per heavy atom. The minimum atomic E-state index is -0.627. The van der Waals surface area contributed by atoms with Crippen LogP contribution in [0.25, 0.3) is 0 Å². The van der Waals surface area contributed by atoms with Gasteiger partial charge in [0.2, 0.25) is 0 Å². The number of hydrogen-bond donors (Lipinski definition) is 2. The molecule has 0 bridgehead atoms. The van der Waals surface area contributed by atoms with E-state index in [4.69, 9.17) is 4.74 Å². The molecular weight excluding hydrogens is 366 g/mol. The number of phenolic OH excluding ortho intramolecular Hbond substituents is 1.